The average molecular weight is 232 g/mol. The molecule has 0 atom stereocenters. The molecule has 1 aliphatic rings. The zero-order valence-electron chi connectivity index (χ0n) is 11.2. The minimum absolute atomic E-state index is 0.586. The van der Waals surface area contributed by atoms with E-state index in [1.54, 1.807) is 0 Å². The van der Waals surface area contributed by atoms with Crippen molar-refractivity contribution in [3.63, 3.8) is 0 Å². The SMILES string of the molecule is Cc1cc(CNCC2(C(C)C)CC2)ccc1N. The molecule has 0 saturated heterocycles. The molecule has 1 aliphatic carbocycles. The van der Waals surface area contributed by atoms with Crippen molar-refractivity contribution in [3.8, 4) is 0 Å². The third kappa shape index (κ3) is 2.81. The molecular formula is C15H24N2. The van der Waals surface area contributed by atoms with Crippen molar-refractivity contribution >= 4 is 5.69 Å². The molecule has 3 N–H and O–H groups in total. The molecule has 2 nitrogen and oxygen atoms in total. The van der Waals surface area contributed by atoms with Gasteiger partial charge < -0.3 is 11.1 Å². The lowest BCUT2D eigenvalue weighted by molar-refractivity contribution is 0.338. The number of rotatable bonds is 5. The van der Waals surface area contributed by atoms with E-state index < -0.39 is 0 Å². The molecule has 1 aromatic rings. The van der Waals surface area contributed by atoms with Crippen molar-refractivity contribution in [1.82, 2.24) is 5.32 Å². The molecule has 2 heteroatoms. The van der Waals surface area contributed by atoms with Crippen molar-refractivity contribution < 1.29 is 0 Å². The van der Waals surface area contributed by atoms with E-state index in [1.165, 1.54) is 24.0 Å². The third-order valence-corrected chi connectivity index (χ3v) is 4.26. The maximum Gasteiger partial charge on any atom is 0.0343 e. The zero-order valence-corrected chi connectivity index (χ0v) is 11.2. The molecule has 0 unspecified atom stereocenters. The van der Waals surface area contributed by atoms with Crippen LogP contribution >= 0.6 is 0 Å². The Morgan fingerprint density at radius 2 is 2.06 bits per heavy atom. The molecule has 2 rings (SSSR count). The van der Waals surface area contributed by atoms with Crippen LogP contribution in [0.2, 0.25) is 0 Å². The number of aryl methyl sites for hydroxylation is 1. The maximum atomic E-state index is 5.82. The third-order valence-electron chi connectivity index (χ3n) is 4.26. The van der Waals surface area contributed by atoms with Gasteiger partial charge in [-0.2, -0.15) is 0 Å². The van der Waals surface area contributed by atoms with E-state index in [0.717, 1.165) is 24.7 Å². The van der Waals surface area contributed by atoms with E-state index in [-0.39, 0.29) is 0 Å². The molecule has 0 bridgehead atoms. The van der Waals surface area contributed by atoms with Gasteiger partial charge in [0.05, 0.1) is 0 Å². The number of hydrogen-bond acceptors (Lipinski definition) is 2. The molecule has 0 radical (unpaired) electrons. The topological polar surface area (TPSA) is 38.0 Å². The Labute approximate surface area is 105 Å². The minimum Gasteiger partial charge on any atom is -0.399 e. The Morgan fingerprint density at radius 1 is 1.35 bits per heavy atom. The first-order chi connectivity index (χ1) is 8.03. The second-order valence-electron chi connectivity index (χ2n) is 5.81. The van der Waals surface area contributed by atoms with Crippen molar-refractivity contribution in [3.05, 3.63) is 29.3 Å². The van der Waals surface area contributed by atoms with E-state index in [0.29, 0.717) is 5.41 Å². The fraction of sp³-hybridized carbons (Fsp3) is 0.600. The summed E-state index contributed by atoms with van der Waals surface area (Å²) in [5.41, 5.74) is 9.79. The first-order valence-corrected chi connectivity index (χ1v) is 6.59. The Bertz CT molecular complexity index is 392. The van der Waals surface area contributed by atoms with Gasteiger partial charge in [0.15, 0.2) is 0 Å². The number of nitrogen functional groups attached to an aromatic ring is 1. The monoisotopic (exact) mass is 232 g/mol. The van der Waals surface area contributed by atoms with Gasteiger partial charge in [-0.3, -0.25) is 0 Å². The van der Waals surface area contributed by atoms with Crippen LogP contribution in [0.3, 0.4) is 0 Å². The predicted molar refractivity (Wildman–Crippen MR) is 73.8 cm³/mol. The largest absolute Gasteiger partial charge is 0.399 e. The molecule has 0 heterocycles. The highest BCUT2D eigenvalue weighted by molar-refractivity contribution is 5.47. The van der Waals surface area contributed by atoms with Crippen LogP contribution in [-0.4, -0.2) is 6.54 Å². The molecule has 1 fully saturated rings. The molecular weight excluding hydrogens is 208 g/mol. The van der Waals surface area contributed by atoms with Gasteiger partial charge in [0.1, 0.15) is 0 Å². The lowest BCUT2D eigenvalue weighted by atomic mass is 9.92. The molecule has 17 heavy (non-hydrogen) atoms. The summed E-state index contributed by atoms with van der Waals surface area (Å²) in [5.74, 6) is 0.795. The predicted octanol–water partition coefficient (Wildman–Crippen LogP) is 3.10. The Kier molecular flexibility index (Phi) is 3.43. The average Bonchev–Trinajstić information content (AvgIpc) is 3.04. The van der Waals surface area contributed by atoms with Gasteiger partial charge in [0.25, 0.3) is 0 Å². The molecule has 0 spiro atoms. The second-order valence-corrected chi connectivity index (χ2v) is 5.81. The molecule has 1 aromatic carbocycles. The van der Waals surface area contributed by atoms with Crippen LogP contribution in [0.15, 0.2) is 18.2 Å². The summed E-state index contributed by atoms with van der Waals surface area (Å²) in [4.78, 5) is 0. The first-order valence-electron chi connectivity index (χ1n) is 6.59. The van der Waals surface area contributed by atoms with Crippen LogP contribution in [0.1, 0.15) is 37.8 Å². The van der Waals surface area contributed by atoms with Crippen LogP contribution in [0.25, 0.3) is 0 Å². The molecule has 0 amide bonds. The van der Waals surface area contributed by atoms with E-state index in [2.05, 4.69) is 38.2 Å². The number of nitrogens with two attached hydrogens (primary N) is 1. The highest BCUT2D eigenvalue weighted by Crippen LogP contribution is 2.51. The second kappa shape index (κ2) is 4.69. The molecule has 94 valence electrons. The van der Waals surface area contributed by atoms with Crippen molar-refractivity contribution in [2.45, 2.75) is 40.2 Å². The summed E-state index contributed by atoms with van der Waals surface area (Å²) in [6.07, 6.45) is 2.77. The fourth-order valence-corrected chi connectivity index (χ4v) is 2.42. The van der Waals surface area contributed by atoms with Gasteiger partial charge in [-0.15, -0.1) is 0 Å². The normalized spacial score (nSPS) is 17.4. The van der Waals surface area contributed by atoms with E-state index in [9.17, 15) is 0 Å². The first kappa shape index (κ1) is 12.4. The minimum atomic E-state index is 0.586. The Morgan fingerprint density at radius 3 is 2.59 bits per heavy atom. The highest BCUT2D eigenvalue weighted by Gasteiger charge is 2.44. The van der Waals surface area contributed by atoms with E-state index in [1.807, 2.05) is 6.07 Å². The van der Waals surface area contributed by atoms with E-state index >= 15 is 0 Å². The summed E-state index contributed by atoms with van der Waals surface area (Å²) in [5, 5.41) is 3.59. The summed E-state index contributed by atoms with van der Waals surface area (Å²) < 4.78 is 0. The smallest absolute Gasteiger partial charge is 0.0343 e. The van der Waals surface area contributed by atoms with Crippen molar-refractivity contribution in [1.29, 1.82) is 0 Å². The van der Waals surface area contributed by atoms with Crippen molar-refractivity contribution in [2.24, 2.45) is 11.3 Å². The van der Waals surface area contributed by atoms with Gasteiger partial charge in [-0.25, -0.2) is 0 Å². The Hall–Kier alpha value is -1.02. The van der Waals surface area contributed by atoms with Crippen LogP contribution < -0.4 is 11.1 Å². The van der Waals surface area contributed by atoms with Crippen LogP contribution in [-0.2, 0) is 6.54 Å². The van der Waals surface area contributed by atoms with Crippen LogP contribution in [0, 0.1) is 18.3 Å². The summed E-state index contributed by atoms with van der Waals surface area (Å²) in [6.45, 7) is 8.84. The highest BCUT2D eigenvalue weighted by atomic mass is 14.9. The number of benzene rings is 1. The standard InChI is InChI=1S/C15H24N2/c1-11(2)15(6-7-15)10-17-9-13-4-5-14(16)12(3)8-13/h4-5,8,11,17H,6-7,9-10,16H2,1-3H3. The molecule has 1 saturated carbocycles. The zero-order chi connectivity index (χ0) is 12.5. The summed E-state index contributed by atoms with van der Waals surface area (Å²) >= 11 is 0. The van der Waals surface area contributed by atoms with Crippen LogP contribution in [0.5, 0.6) is 0 Å². The number of nitrogens with one attached hydrogen (secondary N) is 1. The quantitative estimate of drug-likeness (QED) is 0.766. The van der Waals surface area contributed by atoms with Gasteiger partial charge >= 0.3 is 0 Å². The summed E-state index contributed by atoms with van der Waals surface area (Å²) in [6, 6.07) is 6.29. The molecule has 0 aliphatic heterocycles. The summed E-state index contributed by atoms with van der Waals surface area (Å²) in [7, 11) is 0. The molecule has 0 aromatic heterocycles. The fourth-order valence-electron chi connectivity index (χ4n) is 2.42. The van der Waals surface area contributed by atoms with Gasteiger partial charge in [-0.05, 0) is 48.3 Å². The lowest BCUT2D eigenvalue weighted by Crippen LogP contribution is -2.27. The van der Waals surface area contributed by atoms with Gasteiger partial charge in [0, 0.05) is 18.8 Å². The van der Waals surface area contributed by atoms with Crippen LogP contribution in [0.4, 0.5) is 5.69 Å². The maximum absolute atomic E-state index is 5.82. The van der Waals surface area contributed by atoms with Gasteiger partial charge in [-0.1, -0.05) is 26.0 Å². The van der Waals surface area contributed by atoms with Crippen molar-refractivity contribution in [2.75, 3.05) is 12.3 Å². The number of anilines is 1. The van der Waals surface area contributed by atoms with Gasteiger partial charge in [0.2, 0.25) is 0 Å². The van der Waals surface area contributed by atoms with E-state index in [4.69, 9.17) is 5.73 Å². The Balaban J connectivity index is 1.84. The lowest BCUT2D eigenvalue weighted by Gasteiger charge is -2.20. The number of hydrogen-bond donors (Lipinski definition) is 2.